The number of rotatable bonds is 5. The molecule has 1 unspecified atom stereocenters. The van der Waals surface area contributed by atoms with Gasteiger partial charge in [-0.2, -0.15) is 0 Å². The van der Waals surface area contributed by atoms with E-state index in [0.29, 0.717) is 18.8 Å². The molecular formula is C26H29ClN2O3. The van der Waals surface area contributed by atoms with Gasteiger partial charge < -0.3 is 19.2 Å². The third kappa shape index (κ3) is 3.87. The van der Waals surface area contributed by atoms with Crippen LogP contribution in [0.2, 0.25) is 5.02 Å². The van der Waals surface area contributed by atoms with E-state index in [-0.39, 0.29) is 0 Å². The van der Waals surface area contributed by atoms with Crippen molar-refractivity contribution in [3.8, 4) is 11.5 Å². The Labute approximate surface area is 193 Å². The van der Waals surface area contributed by atoms with Gasteiger partial charge in [-0.15, -0.1) is 0 Å². The molecule has 0 bridgehead atoms. The summed E-state index contributed by atoms with van der Waals surface area (Å²) in [5, 5.41) is 2.02. The molecule has 0 radical (unpaired) electrons. The van der Waals surface area contributed by atoms with Crippen molar-refractivity contribution < 1.29 is 14.2 Å². The van der Waals surface area contributed by atoms with Crippen LogP contribution in [-0.4, -0.2) is 43.0 Å². The largest absolute Gasteiger partial charge is 0.454 e. The second-order valence-electron chi connectivity index (χ2n) is 9.26. The van der Waals surface area contributed by atoms with Crippen LogP contribution >= 0.6 is 11.6 Å². The van der Waals surface area contributed by atoms with Crippen molar-refractivity contribution in [3.05, 3.63) is 58.2 Å². The number of aromatic nitrogens is 1. The molecule has 0 aliphatic carbocycles. The van der Waals surface area contributed by atoms with Crippen molar-refractivity contribution in [1.29, 1.82) is 0 Å². The summed E-state index contributed by atoms with van der Waals surface area (Å²) in [4.78, 5) is 6.12. The van der Waals surface area contributed by atoms with Gasteiger partial charge >= 0.3 is 0 Å². The minimum atomic E-state index is 0.324. The third-order valence-corrected chi connectivity index (χ3v) is 7.59. The van der Waals surface area contributed by atoms with Crippen molar-refractivity contribution in [2.45, 2.75) is 38.1 Å². The molecule has 3 aliphatic rings. The number of aryl methyl sites for hydroxylation is 1. The standard InChI is InChI=1S/C26H29ClN2O3/c27-20-2-3-23-21(12-20)19(14-28-23)1-4-24-22-13-26-25(31-16-32-26)11-18(22)5-8-29(24)15-17-6-9-30-10-7-17/h2-3,11-14,17,24,28H,1,4-10,15-16H2. The highest BCUT2D eigenvalue weighted by atomic mass is 35.5. The predicted molar refractivity (Wildman–Crippen MR) is 126 cm³/mol. The van der Waals surface area contributed by atoms with Crippen LogP contribution in [-0.2, 0) is 17.6 Å². The van der Waals surface area contributed by atoms with Crippen LogP contribution in [0.1, 0.15) is 42.0 Å². The van der Waals surface area contributed by atoms with Gasteiger partial charge in [-0.3, -0.25) is 4.90 Å². The van der Waals surface area contributed by atoms with Crippen molar-refractivity contribution in [1.82, 2.24) is 9.88 Å². The van der Waals surface area contributed by atoms with Crippen LogP contribution < -0.4 is 9.47 Å². The molecule has 2 aromatic carbocycles. The number of halogens is 1. The molecule has 1 aromatic heterocycles. The highest BCUT2D eigenvalue weighted by Crippen LogP contribution is 2.42. The molecule has 32 heavy (non-hydrogen) atoms. The Kier molecular flexibility index (Phi) is 5.49. The van der Waals surface area contributed by atoms with Gasteiger partial charge in [0.2, 0.25) is 6.79 Å². The lowest BCUT2D eigenvalue weighted by Crippen LogP contribution is -2.40. The van der Waals surface area contributed by atoms with E-state index in [1.54, 1.807) is 0 Å². The number of ether oxygens (including phenoxy) is 3. The smallest absolute Gasteiger partial charge is 0.231 e. The number of fused-ring (bicyclic) bond motifs is 3. The zero-order valence-corrected chi connectivity index (χ0v) is 19.0. The molecule has 0 amide bonds. The van der Waals surface area contributed by atoms with Crippen LogP contribution in [0.5, 0.6) is 11.5 Å². The first-order valence-corrected chi connectivity index (χ1v) is 12.1. The summed E-state index contributed by atoms with van der Waals surface area (Å²) >= 11 is 6.29. The summed E-state index contributed by atoms with van der Waals surface area (Å²) in [5.41, 5.74) is 5.30. The first-order valence-electron chi connectivity index (χ1n) is 11.7. The fourth-order valence-electron chi connectivity index (χ4n) is 5.61. The Morgan fingerprint density at radius 2 is 1.91 bits per heavy atom. The number of nitrogens with zero attached hydrogens (tertiary/aromatic N) is 1. The first kappa shape index (κ1) is 20.4. The van der Waals surface area contributed by atoms with Crippen LogP contribution in [0.3, 0.4) is 0 Å². The van der Waals surface area contributed by atoms with Gasteiger partial charge in [-0.1, -0.05) is 11.6 Å². The van der Waals surface area contributed by atoms with Gasteiger partial charge in [-0.05, 0) is 85.0 Å². The molecule has 6 heteroatoms. The van der Waals surface area contributed by atoms with Gasteiger partial charge in [0.15, 0.2) is 11.5 Å². The number of hydrogen-bond acceptors (Lipinski definition) is 4. The van der Waals surface area contributed by atoms with E-state index in [9.17, 15) is 0 Å². The molecule has 0 spiro atoms. The van der Waals surface area contributed by atoms with Crippen molar-refractivity contribution in [2.75, 3.05) is 33.1 Å². The molecule has 1 N–H and O–H groups in total. The number of nitrogens with one attached hydrogen (secondary N) is 1. The summed E-state index contributed by atoms with van der Waals surface area (Å²) in [6, 6.07) is 10.9. The normalized spacial score (nSPS) is 21.2. The zero-order valence-electron chi connectivity index (χ0n) is 18.2. The lowest BCUT2D eigenvalue weighted by atomic mass is 9.87. The van der Waals surface area contributed by atoms with Crippen molar-refractivity contribution >= 4 is 22.5 Å². The van der Waals surface area contributed by atoms with E-state index in [1.807, 2.05) is 6.07 Å². The molecule has 6 rings (SSSR count). The highest BCUT2D eigenvalue weighted by molar-refractivity contribution is 6.31. The van der Waals surface area contributed by atoms with E-state index in [2.05, 4.69) is 40.3 Å². The molecule has 3 aromatic rings. The van der Waals surface area contributed by atoms with Crippen LogP contribution in [0.4, 0.5) is 0 Å². The number of hydrogen-bond donors (Lipinski definition) is 1. The number of H-pyrrole nitrogens is 1. The third-order valence-electron chi connectivity index (χ3n) is 7.35. The van der Waals surface area contributed by atoms with Crippen molar-refractivity contribution in [2.24, 2.45) is 5.92 Å². The summed E-state index contributed by atoms with van der Waals surface area (Å²) in [6.07, 6.45) is 7.61. The van der Waals surface area contributed by atoms with Gasteiger partial charge in [0.1, 0.15) is 0 Å². The van der Waals surface area contributed by atoms with Crippen LogP contribution in [0.15, 0.2) is 36.5 Å². The lowest BCUT2D eigenvalue weighted by molar-refractivity contribution is 0.0423. The topological polar surface area (TPSA) is 46.7 Å². The predicted octanol–water partition coefficient (Wildman–Crippen LogP) is 5.51. The SMILES string of the molecule is Clc1ccc2[nH]cc(CCC3c4cc5c(cc4CCN3CC3CCOCC3)OCO5)c2c1. The fourth-order valence-corrected chi connectivity index (χ4v) is 5.78. The maximum Gasteiger partial charge on any atom is 0.231 e. The van der Waals surface area contributed by atoms with E-state index in [0.717, 1.165) is 80.4 Å². The zero-order chi connectivity index (χ0) is 21.5. The first-order chi connectivity index (χ1) is 15.7. The Balaban J connectivity index is 1.29. The fraction of sp³-hybridized carbons (Fsp3) is 0.462. The van der Waals surface area contributed by atoms with E-state index in [1.165, 1.54) is 22.1 Å². The molecule has 3 aliphatic heterocycles. The van der Waals surface area contributed by atoms with Crippen LogP contribution in [0, 0.1) is 5.92 Å². The quantitative estimate of drug-likeness (QED) is 0.554. The highest BCUT2D eigenvalue weighted by Gasteiger charge is 2.32. The van der Waals surface area contributed by atoms with Gasteiger partial charge in [0, 0.05) is 54.5 Å². The van der Waals surface area contributed by atoms with E-state index in [4.69, 9.17) is 25.8 Å². The molecule has 0 saturated carbocycles. The molecule has 1 atom stereocenters. The summed E-state index contributed by atoms with van der Waals surface area (Å²) < 4.78 is 17.0. The maximum atomic E-state index is 6.29. The van der Waals surface area contributed by atoms with Crippen molar-refractivity contribution in [3.63, 3.8) is 0 Å². The Hall–Kier alpha value is -2.21. The van der Waals surface area contributed by atoms with Crippen LogP contribution in [0.25, 0.3) is 10.9 Å². The molecule has 5 nitrogen and oxygen atoms in total. The maximum absolute atomic E-state index is 6.29. The van der Waals surface area contributed by atoms with E-state index >= 15 is 0 Å². The van der Waals surface area contributed by atoms with Gasteiger partial charge in [0.25, 0.3) is 0 Å². The van der Waals surface area contributed by atoms with Gasteiger partial charge in [-0.25, -0.2) is 0 Å². The summed E-state index contributed by atoms with van der Waals surface area (Å²) in [7, 11) is 0. The number of aromatic amines is 1. The Morgan fingerprint density at radius 3 is 2.78 bits per heavy atom. The lowest BCUT2D eigenvalue weighted by Gasteiger charge is -2.40. The number of benzene rings is 2. The second kappa shape index (κ2) is 8.62. The average molecular weight is 453 g/mol. The second-order valence-corrected chi connectivity index (χ2v) is 9.70. The minimum Gasteiger partial charge on any atom is -0.454 e. The molecule has 168 valence electrons. The molecule has 4 heterocycles. The summed E-state index contributed by atoms with van der Waals surface area (Å²) in [5.74, 6) is 2.50. The van der Waals surface area contributed by atoms with E-state index < -0.39 is 0 Å². The minimum absolute atomic E-state index is 0.324. The monoisotopic (exact) mass is 452 g/mol. The Bertz CT molecular complexity index is 1120. The summed E-state index contributed by atoms with van der Waals surface area (Å²) in [6.45, 7) is 4.35. The Morgan fingerprint density at radius 1 is 1.06 bits per heavy atom. The molecule has 1 fully saturated rings. The average Bonchev–Trinajstić information content (AvgIpc) is 3.44. The van der Waals surface area contributed by atoms with Gasteiger partial charge in [0.05, 0.1) is 0 Å². The molecular weight excluding hydrogens is 424 g/mol. The molecule has 1 saturated heterocycles.